The number of carbonyl (C=O) groups is 2. The fraction of sp³-hybridized carbons (Fsp3) is 0.619. The predicted molar refractivity (Wildman–Crippen MR) is 113 cm³/mol. The highest BCUT2D eigenvalue weighted by Gasteiger charge is 2.21. The monoisotopic (exact) mass is 395 g/mol. The van der Waals surface area contributed by atoms with Crippen molar-refractivity contribution >= 4 is 29.9 Å². The van der Waals surface area contributed by atoms with E-state index in [1.807, 2.05) is 38.1 Å². The van der Waals surface area contributed by atoms with Crippen LogP contribution in [-0.2, 0) is 16.1 Å². The van der Waals surface area contributed by atoms with E-state index in [-0.39, 0.29) is 30.1 Å². The standard InChI is InChI=1S/C21H33N3O2.ClH/c1-4-15(2)21(26)24-19-9-5-7-17(12-19)13-23-20(25)11-16(3)18-8-6-10-22-14-18;/h5,7,9,12,15-16,18,22H,4,6,8,10-11,13-14H2,1-3H3,(H,23,25)(H,24,26);1H. The zero-order valence-corrected chi connectivity index (χ0v) is 17.5. The van der Waals surface area contributed by atoms with Crippen LogP contribution in [0, 0.1) is 17.8 Å². The molecule has 1 aromatic carbocycles. The second kappa shape index (κ2) is 12.0. The molecule has 1 heterocycles. The molecule has 2 amide bonds. The molecule has 6 heteroatoms. The summed E-state index contributed by atoms with van der Waals surface area (Å²) in [5, 5.41) is 9.36. The molecule has 3 atom stereocenters. The Balaban J connectivity index is 0.00000364. The van der Waals surface area contributed by atoms with Gasteiger partial charge in [0.2, 0.25) is 11.8 Å². The first-order chi connectivity index (χ1) is 12.5. The van der Waals surface area contributed by atoms with Crippen molar-refractivity contribution in [3.63, 3.8) is 0 Å². The van der Waals surface area contributed by atoms with Gasteiger partial charge in [0.25, 0.3) is 0 Å². The van der Waals surface area contributed by atoms with Crippen molar-refractivity contribution < 1.29 is 9.59 Å². The van der Waals surface area contributed by atoms with Crippen LogP contribution in [0.2, 0.25) is 0 Å². The third-order valence-electron chi connectivity index (χ3n) is 5.39. The average molecular weight is 396 g/mol. The van der Waals surface area contributed by atoms with Crippen molar-refractivity contribution in [2.24, 2.45) is 17.8 Å². The topological polar surface area (TPSA) is 70.2 Å². The number of nitrogens with one attached hydrogen (secondary N) is 3. The summed E-state index contributed by atoms with van der Waals surface area (Å²) in [5.74, 6) is 1.10. The van der Waals surface area contributed by atoms with Crippen molar-refractivity contribution in [3.8, 4) is 0 Å². The van der Waals surface area contributed by atoms with Gasteiger partial charge in [0.1, 0.15) is 0 Å². The maximum absolute atomic E-state index is 12.3. The minimum atomic E-state index is -0.00544. The van der Waals surface area contributed by atoms with Gasteiger partial charge in [-0.3, -0.25) is 9.59 Å². The number of amides is 2. The lowest BCUT2D eigenvalue weighted by molar-refractivity contribution is -0.122. The van der Waals surface area contributed by atoms with Gasteiger partial charge in [0.05, 0.1) is 0 Å². The van der Waals surface area contributed by atoms with Crippen LogP contribution in [-0.4, -0.2) is 24.9 Å². The van der Waals surface area contributed by atoms with E-state index in [1.165, 1.54) is 12.8 Å². The second-order valence-electron chi connectivity index (χ2n) is 7.56. The van der Waals surface area contributed by atoms with E-state index in [0.717, 1.165) is 30.8 Å². The predicted octanol–water partition coefficient (Wildman–Crippen LogP) is 3.74. The second-order valence-corrected chi connectivity index (χ2v) is 7.56. The molecule has 0 aromatic heterocycles. The summed E-state index contributed by atoms with van der Waals surface area (Å²) < 4.78 is 0. The van der Waals surface area contributed by atoms with E-state index in [0.29, 0.717) is 24.8 Å². The first-order valence-corrected chi connectivity index (χ1v) is 9.86. The molecule has 0 saturated carbocycles. The number of piperidine rings is 1. The van der Waals surface area contributed by atoms with Crippen LogP contribution >= 0.6 is 12.4 Å². The number of hydrogen-bond donors (Lipinski definition) is 3. The summed E-state index contributed by atoms with van der Waals surface area (Å²) in [6.45, 7) is 8.69. The Hall–Kier alpha value is -1.59. The van der Waals surface area contributed by atoms with Crippen LogP contribution in [0.1, 0.15) is 52.0 Å². The molecule has 27 heavy (non-hydrogen) atoms. The minimum absolute atomic E-state index is 0. The molecule has 0 bridgehead atoms. The number of hydrogen-bond acceptors (Lipinski definition) is 3. The molecule has 2 rings (SSSR count). The highest BCUT2D eigenvalue weighted by Crippen LogP contribution is 2.22. The minimum Gasteiger partial charge on any atom is -0.352 e. The van der Waals surface area contributed by atoms with Crippen LogP contribution in [0.15, 0.2) is 24.3 Å². The van der Waals surface area contributed by atoms with Crippen molar-refractivity contribution in [2.45, 2.75) is 53.0 Å². The van der Waals surface area contributed by atoms with Crippen molar-refractivity contribution in [3.05, 3.63) is 29.8 Å². The molecule has 1 aromatic rings. The van der Waals surface area contributed by atoms with Gasteiger partial charge < -0.3 is 16.0 Å². The molecule has 3 unspecified atom stereocenters. The van der Waals surface area contributed by atoms with Gasteiger partial charge in [-0.05, 0) is 61.9 Å². The molecular formula is C21H34ClN3O2. The highest BCUT2D eigenvalue weighted by atomic mass is 35.5. The van der Waals surface area contributed by atoms with Crippen LogP contribution in [0.3, 0.4) is 0 Å². The lowest BCUT2D eigenvalue weighted by Gasteiger charge is -2.28. The van der Waals surface area contributed by atoms with Crippen molar-refractivity contribution in [1.82, 2.24) is 10.6 Å². The summed E-state index contributed by atoms with van der Waals surface area (Å²) in [4.78, 5) is 24.3. The van der Waals surface area contributed by atoms with Gasteiger partial charge in [0.15, 0.2) is 0 Å². The van der Waals surface area contributed by atoms with E-state index >= 15 is 0 Å². The molecule has 0 aliphatic carbocycles. The zero-order valence-electron chi connectivity index (χ0n) is 16.7. The van der Waals surface area contributed by atoms with Crippen LogP contribution in [0.5, 0.6) is 0 Å². The quantitative estimate of drug-likeness (QED) is 0.628. The Morgan fingerprint density at radius 1 is 1.30 bits per heavy atom. The molecule has 5 nitrogen and oxygen atoms in total. The fourth-order valence-corrected chi connectivity index (χ4v) is 3.31. The number of anilines is 1. The maximum Gasteiger partial charge on any atom is 0.227 e. The summed E-state index contributed by atoms with van der Waals surface area (Å²) in [6, 6.07) is 7.68. The summed E-state index contributed by atoms with van der Waals surface area (Å²) >= 11 is 0. The Labute approximate surface area is 169 Å². The molecular weight excluding hydrogens is 362 g/mol. The SMILES string of the molecule is CCC(C)C(=O)Nc1cccc(CNC(=O)CC(C)C2CCCNC2)c1.Cl. The number of benzene rings is 1. The van der Waals surface area contributed by atoms with Gasteiger partial charge in [-0.15, -0.1) is 12.4 Å². The largest absolute Gasteiger partial charge is 0.352 e. The first kappa shape index (κ1) is 23.4. The molecule has 0 radical (unpaired) electrons. The van der Waals surface area contributed by atoms with Gasteiger partial charge in [-0.2, -0.15) is 0 Å². The van der Waals surface area contributed by atoms with Crippen LogP contribution in [0.25, 0.3) is 0 Å². The Morgan fingerprint density at radius 3 is 2.74 bits per heavy atom. The summed E-state index contributed by atoms with van der Waals surface area (Å²) in [5.41, 5.74) is 1.77. The molecule has 1 fully saturated rings. The molecule has 0 spiro atoms. The third-order valence-corrected chi connectivity index (χ3v) is 5.39. The Bertz CT molecular complexity index is 603. The lowest BCUT2D eigenvalue weighted by Crippen LogP contribution is -2.35. The smallest absolute Gasteiger partial charge is 0.227 e. The molecule has 3 N–H and O–H groups in total. The molecule has 1 saturated heterocycles. The zero-order chi connectivity index (χ0) is 18.9. The van der Waals surface area contributed by atoms with E-state index in [9.17, 15) is 9.59 Å². The van der Waals surface area contributed by atoms with Crippen LogP contribution < -0.4 is 16.0 Å². The number of carbonyl (C=O) groups excluding carboxylic acids is 2. The van der Waals surface area contributed by atoms with E-state index in [1.54, 1.807) is 0 Å². The average Bonchev–Trinajstić information content (AvgIpc) is 2.66. The highest BCUT2D eigenvalue weighted by molar-refractivity contribution is 5.92. The third kappa shape index (κ3) is 7.89. The first-order valence-electron chi connectivity index (χ1n) is 9.86. The van der Waals surface area contributed by atoms with Gasteiger partial charge in [-0.25, -0.2) is 0 Å². The fourth-order valence-electron chi connectivity index (χ4n) is 3.31. The Morgan fingerprint density at radius 2 is 2.07 bits per heavy atom. The van der Waals surface area contributed by atoms with Gasteiger partial charge >= 0.3 is 0 Å². The molecule has 1 aliphatic rings. The number of halogens is 1. The van der Waals surface area contributed by atoms with Crippen molar-refractivity contribution in [1.29, 1.82) is 0 Å². The Kier molecular flexibility index (Phi) is 10.4. The summed E-state index contributed by atoms with van der Waals surface area (Å²) in [7, 11) is 0. The summed E-state index contributed by atoms with van der Waals surface area (Å²) in [6.07, 6.45) is 3.79. The van der Waals surface area contributed by atoms with Gasteiger partial charge in [-0.1, -0.05) is 32.9 Å². The van der Waals surface area contributed by atoms with Crippen molar-refractivity contribution in [2.75, 3.05) is 18.4 Å². The lowest BCUT2D eigenvalue weighted by atomic mass is 9.85. The normalized spacial score (nSPS) is 18.7. The van der Waals surface area contributed by atoms with E-state index in [2.05, 4.69) is 22.9 Å². The molecule has 1 aliphatic heterocycles. The number of rotatable bonds is 8. The molecule has 152 valence electrons. The maximum atomic E-state index is 12.3. The van der Waals surface area contributed by atoms with Crippen LogP contribution in [0.4, 0.5) is 5.69 Å². The van der Waals surface area contributed by atoms with E-state index in [4.69, 9.17) is 0 Å². The van der Waals surface area contributed by atoms with E-state index < -0.39 is 0 Å². The van der Waals surface area contributed by atoms with Gasteiger partial charge in [0, 0.05) is 24.6 Å².